The highest BCUT2D eigenvalue weighted by atomic mass is 35.5. The fraction of sp³-hybridized carbons (Fsp3) is 0.933. The summed E-state index contributed by atoms with van der Waals surface area (Å²) in [5.41, 5.74) is -0.182. The van der Waals surface area contributed by atoms with Crippen molar-refractivity contribution in [2.45, 2.75) is 52.4 Å². The second kappa shape index (κ2) is 7.49. The molecule has 1 amide bonds. The van der Waals surface area contributed by atoms with E-state index in [1.807, 2.05) is 0 Å². The lowest BCUT2D eigenvalue weighted by atomic mass is 9.80. The van der Waals surface area contributed by atoms with Crippen molar-refractivity contribution in [1.82, 2.24) is 10.6 Å². The average Bonchev–Trinajstić information content (AvgIpc) is 2.37. The van der Waals surface area contributed by atoms with Crippen LogP contribution in [-0.2, 0) is 4.79 Å². The molecule has 1 saturated heterocycles. The first kappa shape index (κ1) is 16.8. The molecule has 0 bridgehead atoms. The molecule has 3 atom stereocenters. The molecule has 0 aromatic carbocycles. The van der Waals surface area contributed by atoms with E-state index in [-0.39, 0.29) is 23.7 Å². The summed E-state index contributed by atoms with van der Waals surface area (Å²) in [6.07, 6.45) is 7.42. The molecule has 4 heteroatoms. The van der Waals surface area contributed by atoms with E-state index < -0.39 is 0 Å². The number of carbonyl (C=O) groups is 1. The van der Waals surface area contributed by atoms with Crippen molar-refractivity contribution < 1.29 is 4.79 Å². The number of rotatable bonds is 3. The smallest absolute Gasteiger partial charge is 0.227 e. The highest BCUT2D eigenvalue weighted by molar-refractivity contribution is 5.85. The van der Waals surface area contributed by atoms with Crippen LogP contribution in [-0.4, -0.2) is 25.5 Å². The molecule has 1 saturated carbocycles. The van der Waals surface area contributed by atoms with Crippen LogP contribution in [0.1, 0.15) is 52.4 Å². The van der Waals surface area contributed by atoms with Crippen LogP contribution < -0.4 is 10.6 Å². The van der Waals surface area contributed by atoms with Crippen LogP contribution in [0.15, 0.2) is 0 Å². The van der Waals surface area contributed by atoms with E-state index in [2.05, 4.69) is 24.5 Å². The molecular formula is C15H29ClN2O. The van der Waals surface area contributed by atoms with E-state index in [0.717, 1.165) is 38.4 Å². The van der Waals surface area contributed by atoms with Gasteiger partial charge in [0.15, 0.2) is 0 Å². The van der Waals surface area contributed by atoms with Gasteiger partial charge in [-0.2, -0.15) is 0 Å². The molecule has 2 rings (SSSR count). The first-order valence-corrected chi connectivity index (χ1v) is 7.59. The van der Waals surface area contributed by atoms with Gasteiger partial charge in [-0.1, -0.05) is 19.8 Å². The average molecular weight is 289 g/mol. The van der Waals surface area contributed by atoms with Crippen LogP contribution in [0, 0.1) is 17.3 Å². The van der Waals surface area contributed by atoms with Gasteiger partial charge in [0.25, 0.3) is 0 Å². The molecule has 2 fully saturated rings. The van der Waals surface area contributed by atoms with Gasteiger partial charge in [0, 0.05) is 13.1 Å². The lowest BCUT2D eigenvalue weighted by molar-refractivity contribution is -0.131. The topological polar surface area (TPSA) is 41.1 Å². The third kappa shape index (κ3) is 4.64. The quantitative estimate of drug-likeness (QED) is 0.838. The minimum Gasteiger partial charge on any atom is -0.355 e. The zero-order chi connectivity index (χ0) is 13.0. The molecule has 3 unspecified atom stereocenters. The van der Waals surface area contributed by atoms with E-state index in [9.17, 15) is 4.79 Å². The number of hydrogen-bond donors (Lipinski definition) is 2. The molecule has 2 N–H and O–H groups in total. The van der Waals surface area contributed by atoms with Gasteiger partial charge in [-0.05, 0) is 51.0 Å². The predicted octanol–water partition coefficient (Wildman–Crippen LogP) is 2.74. The van der Waals surface area contributed by atoms with Crippen molar-refractivity contribution >= 4 is 18.3 Å². The van der Waals surface area contributed by atoms with Crippen LogP contribution in [0.5, 0.6) is 0 Å². The molecule has 2 aliphatic rings. The summed E-state index contributed by atoms with van der Waals surface area (Å²) in [6.45, 7) is 7.21. The van der Waals surface area contributed by atoms with E-state index in [1.165, 1.54) is 25.7 Å². The molecule has 0 aromatic rings. The van der Waals surface area contributed by atoms with Gasteiger partial charge in [-0.15, -0.1) is 12.4 Å². The van der Waals surface area contributed by atoms with Crippen molar-refractivity contribution in [3.8, 4) is 0 Å². The van der Waals surface area contributed by atoms with Crippen molar-refractivity contribution in [3.63, 3.8) is 0 Å². The molecule has 3 nitrogen and oxygen atoms in total. The maximum atomic E-state index is 12.3. The van der Waals surface area contributed by atoms with E-state index in [0.29, 0.717) is 5.92 Å². The molecule has 1 aliphatic heterocycles. The number of piperidine rings is 1. The number of nitrogens with one attached hydrogen (secondary N) is 2. The summed E-state index contributed by atoms with van der Waals surface area (Å²) in [7, 11) is 0. The van der Waals surface area contributed by atoms with Gasteiger partial charge in [0.1, 0.15) is 0 Å². The Morgan fingerprint density at radius 2 is 2.16 bits per heavy atom. The van der Waals surface area contributed by atoms with E-state index in [4.69, 9.17) is 0 Å². The minimum atomic E-state index is -0.182. The second-order valence-corrected chi connectivity index (χ2v) is 6.69. The Hall–Kier alpha value is -0.280. The van der Waals surface area contributed by atoms with Gasteiger partial charge < -0.3 is 10.6 Å². The van der Waals surface area contributed by atoms with Gasteiger partial charge >= 0.3 is 0 Å². The van der Waals surface area contributed by atoms with E-state index in [1.54, 1.807) is 0 Å². The third-order valence-electron chi connectivity index (χ3n) is 4.74. The normalized spacial score (nSPS) is 35.3. The Bertz CT molecular complexity index is 290. The number of carbonyl (C=O) groups excluding carboxylic acids is 1. The monoisotopic (exact) mass is 288 g/mol. The molecule has 112 valence electrons. The maximum absolute atomic E-state index is 12.3. The zero-order valence-electron chi connectivity index (χ0n) is 12.3. The first-order chi connectivity index (χ1) is 8.60. The summed E-state index contributed by atoms with van der Waals surface area (Å²) in [6, 6.07) is 0. The largest absolute Gasteiger partial charge is 0.355 e. The van der Waals surface area contributed by atoms with Crippen molar-refractivity contribution in [3.05, 3.63) is 0 Å². The van der Waals surface area contributed by atoms with E-state index >= 15 is 0 Å². The van der Waals surface area contributed by atoms with Gasteiger partial charge in [-0.3, -0.25) is 4.79 Å². The van der Waals surface area contributed by atoms with Crippen LogP contribution in [0.2, 0.25) is 0 Å². The second-order valence-electron chi connectivity index (χ2n) is 6.69. The summed E-state index contributed by atoms with van der Waals surface area (Å²) < 4.78 is 0. The predicted molar refractivity (Wildman–Crippen MR) is 81.6 cm³/mol. The molecule has 0 spiro atoms. The Labute approximate surface area is 123 Å². The highest BCUT2D eigenvalue weighted by Gasteiger charge is 2.34. The summed E-state index contributed by atoms with van der Waals surface area (Å²) in [5.74, 6) is 1.80. The van der Waals surface area contributed by atoms with Crippen molar-refractivity contribution in [1.29, 1.82) is 0 Å². The fourth-order valence-corrected chi connectivity index (χ4v) is 3.45. The molecule has 1 aliphatic carbocycles. The zero-order valence-corrected chi connectivity index (χ0v) is 13.2. The first-order valence-electron chi connectivity index (χ1n) is 7.59. The van der Waals surface area contributed by atoms with Gasteiger partial charge in [0.2, 0.25) is 5.91 Å². The Kier molecular flexibility index (Phi) is 6.61. The van der Waals surface area contributed by atoms with Crippen LogP contribution >= 0.6 is 12.4 Å². The lowest BCUT2D eigenvalue weighted by Gasteiger charge is -2.34. The minimum absolute atomic E-state index is 0. The summed E-state index contributed by atoms with van der Waals surface area (Å²) >= 11 is 0. The molecule has 19 heavy (non-hydrogen) atoms. The number of hydrogen-bond acceptors (Lipinski definition) is 2. The SMILES string of the molecule is CC1CCCC(CNC(=O)C2(C)CCCNC2)C1.Cl. The number of amides is 1. The van der Waals surface area contributed by atoms with Crippen LogP contribution in [0.3, 0.4) is 0 Å². The van der Waals surface area contributed by atoms with Crippen LogP contribution in [0.4, 0.5) is 0 Å². The highest BCUT2D eigenvalue weighted by Crippen LogP contribution is 2.29. The van der Waals surface area contributed by atoms with Gasteiger partial charge in [-0.25, -0.2) is 0 Å². The Balaban J connectivity index is 0.00000180. The lowest BCUT2D eigenvalue weighted by Crippen LogP contribution is -2.49. The summed E-state index contributed by atoms with van der Waals surface area (Å²) in [5, 5.41) is 6.54. The maximum Gasteiger partial charge on any atom is 0.227 e. The summed E-state index contributed by atoms with van der Waals surface area (Å²) in [4.78, 5) is 12.3. The third-order valence-corrected chi connectivity index (χ3v) is 4.74. The molecule has 0 aromatic heterocycles. The molecule has 0 radical (unpaired) electrons. The van der Waals surface area contributed by atoms with Crippen molar-refractivity contribution in [2.75, 3.05) is 19.6 Å². The fourth-order valence-electron chi connectivity index (χ4n) is 3.45. The Morgan fingerprint density at radius 3 is 2.79 bits per heavy atom. The van der Waals surface area contributed by atoms with Crippen LogP contribution in [0.25, 0.3) is 0 Å². The Morgan fingerprint density at radius 1 is 1.37 bits per heavy atom. The standard InChI is InChI=1S/C15H28N2O.ClH/c1-12-5-3-6-13(9-12)10-17-14(18)15(2)7-4-8-16-11-15;/h12-13,16H,3-11H2,1-2H3,(H,17,18);1H. The van der Waals surface area contributed by atoms with Gasteiger partial charge in [0.05, 0.1) is 5.41 Å². The number of halogens is 1. The molecular weight excluding hydrogens is 260 g/mol. The molecule has 1 heterocycles. The van der Waals surface area contributed by atoms with Crippen molar-refractivity contribution in [2.24, 2.45) is 17.3 Å².